The van der Waals surface area contributed by atoms with E-state index in [4.69, 9.17) is 19.4 Å². The molecule has 0 radical (unpaired) electrons. The van der Waals surface area contributed by atoms with E-state index in [0.717, 1.165) is 29.8 Å². The number of anilines is 1. The van der Waals surface area contributed by atoms with Gasteiger partial charge in [-0.1, -0.05) is 38.8 Å². The van der Waals surface area contributed by atoms with Crippen LogP contribution in [-0.2, 0) is 24.4 Å². The van der Waals surface area contributed by atoms with Gasteiger partial charge in [0.15, 0.2) is 5.13 Å². The maximum atomic E-state index is 14.2. The third-order valence-electron chi connectivity index (χ3n) is 9.86. The van der Waals surface area contributed by atoms with Crippen molar-refractivity contribution in [1.82, 2.24) is 24.9 Å². The van der Waals surface area contributed by atoms with E-state index in [1.807, 2.05) is 62.6 Å². The summed E-state index contributed by atoms with van der Waals surface area (Å²) in [6, 6.07) is 6.62. The number of nitrogens with zero attached hydrogens (tertiary/aromatic N) is 3. The van der Waals surface area contributed by atoms with Gasteiger partial charge in [0.2, 0.25) is 21.8 Å². The molecule has 1 aromatic carbocycles. The smallest absolute Gasteiger partial charge is 0.259 e. The molecule has 3 fully saturated rings. The predicted octanol–water partition coefficient (Wildman–Crippen LogP) is 5.57. The Labute approximate surface area is 315 Å². The number of carbonyl (C=O) groups excluding carboxylic acids is 3. The summed E-state index contributed by atoms with van der Waals surface area (Å²) in [6.07, 6.45) is 8.39. The average molecular weight is 767 g/mol. The van der Waals surface area contributed by atoms with Crippen molar-refractivity contribution in [3.63, 3.8) is 0 Å². The molecule has 1 aliphatic heterocycles. The Morgan fingerprint density at radius 2 is 1.91 bits per heavy atom. The number of fused-ring (bicyclic) bond motifs is 1. The Balaban J connectivity index is 1.27. The van der Waals surface area contributed by atoms with Crippen LogP contribution in [0.5, 0.6) is 11.5 Å². The van der Waals surface area contributed by atoms with Crippen LogP contribution in [0.3, 0.4) is 0 Å². The highest BCUT2D eigenvalue weighted by Gasteiger charge is 2.62. The minimum Gasteiger partial charge on any atom is -0.497 e. The number of likely N-dealkylation sites (tertiary alicyclic amines) is 1. The molecule has 0 spiro atoms. The molecule has 3 amide bonds. The molecule has 53 heavy (non-hydrogen) atoms. The van der Waals surface area contributed by atoms with Crippen molar-refractivity contribution in [2.45, 2.75) is 114 Å². The van der Waals surface area contributed by atoms with E-state index in [9.17, 15) is 22.8 Å². The molecule has 6 rings (SSSR count). The van der Waals surface area contributed by atoms with Crippen molar-refractivity contribution >= 4 is 55.1 Å². The van der Waals surface area contributed by atoms with Crippen molar-refractivity contribution in [2.24, 2.45) is 5.92 Å². The lowest BCUT2D eigenvalue weighted by atomic mass is 10.1. The van der Waals surface area contributed by atoms with Gasteiger partial charge in [-0.25, -0.2) is 18.4 Å². The zero-order valence-electron chi connectivity index (χ0n) is 31.0. The normalized spacial score (nSPS) is 22.7. The number of pyridine rings is 1. The molecule has 3 heterocycles. The summed E-state index contributed by atoms with van der Waals surface area (Å²) in [4.78, 5) is 52.5. The second-order valence-electron chi connectivity index (χ2n) is 14.5. The van der Waals surface area contributed by atoms with Crippen molar-refractivity contribution in [2.75, 3.05) is 19.0 Å². The predicted molar refractivity (Wildman–Crippen MR) is 205 cm³/mol. The summed E-state index contributed by atoms with van der Waals surface area (Å²) in [5.74, 6) is -0.663. The van der Waals surface area contributed by atoms with Crippen LogP contribution in [0, 0.1) is 5.92 Å². The molecule has 286 valence electrons. The summed E-state index contributed by atoms with van der Waals surface area (Å²) in [7, 11) is -2.25. The van der Waals surface area contributed by atoms with Gasteiger partial charge in [-0.15, -0.1) is 11.3 Å². The number of nitrogens with one attached hydrogen (secondary N) is 3. The number of hydrogen-bond acceptors (Lipinski definition) is 11. The highest BCUT2D eigenvalue weighted by atomic mass is 32.2. The second kappa shape index (κ2) is 16.0. The van der Waals surface area contributed by atoms with E-state index in [-0.39, 0.29) is 43.7 Å². The van der Waals surface area contributed by atoms with E-state index < -0.39 is 44.8 Å². The van der Waals surface area contributed by atoms with Crippen LogP contribution in [0.15, 0.2) is 41.8 Å². The third kappa shape index (κ3) is 8.77. The first kappa shape index (κ1) is 38.5. The fourth-order valence-electron chi connectivity index (χ4n) is 6.73. The molecule has 3 aliphatic rings. The zero-order valence-corrected chi connectivity index (χ0v) is 32.6. The molecule has 1 saturated heterocycles. The topological polar surface area (TPSA) is 169 Å². The lowest BCUT2D eigenvalue weighted by Gasteiger charge is -2.26. The number of benzene rings is 1. The first-order valence-electron chi connectivity index (χ1n) is 18.6. The van der Waals surface area contributed by atoms with Crippen LogP contribution >= 0.6 is 11.3 Å². The number of thiazole rings is 1. The number of ether oxygens (including phenoxy) is 2. The summed E-state index contributed by atoms with van der Waals surface area (Å²) < 4.78 is 40.0. The summed E-state index contributed by atoms with van der Waals surface area (Å²) in [5, 5.41) is 9.09. The highest BCUT2D eigenvalue weighted by Crippen LogP contribution is 2.46. The molecule has 15 heteroatoms. The molecule has 0 bridgehead atoms. The number of hydrogen-bond donors (Lipinski definition) is 3. The van der Waals surface area contributed by atoms with E-state index in [2.05, 4.69) is 22.3 Å². The Bertz CT molecular complexity index is 1980. The number of allylic oxidation sites excluding steroid dienone is 1. The lowest BCUT2D eigenvalue weighted by Crippen LogP contribution is -2.56. The van der Waals surface area contributed by atoms with Crippen LogP contribution in [-0.4, -0.2) is 83.6 Å². The molecule has 3 aromatic rings. The maximum Gasteiger partial charge on any atom is 0.259 e. The van der Waals surface area contributed by atoms with Gasteiger partial charge in [0.1, 0.15) is 34.9 Å². The van der Waals surface area contributed by atoms with Crippen molar-refractivity contribution in [1.29, 1.82) is 0 Å². The molecule has 2 aliphatic carbocycles. The zero-order chi connectivity index (χ0) is 37.9. The van der Waals surface area contributed by atoms with Crippen molar-refractivity contribution in [3.8, 4) is 22.9 Å². The van der Waals surface area contributed by atoms with Crippen LogP contribution in [0.25, 0.3) is 22.3 Å². The molecular weight excluding hydrogens is 717 g/mol. The number of unbranched alkanes of at least 4 members (excludes halogenated alkanes) is 2. The van der Waals surface area contributed by atoms with E-state index in [0.29, 0.717) is 47.7 Å². The molecule has 13 nitrogen and oxygen atoms in total. The van der Waals surface area contributed by atoms with E-state index >= 15 is 0 Å². The van der Waals surface area contributed by atoms with Crippen LogP contribution in [0.2, 0.25) is 0 Å². The second-order valence-corrected chi connectivity index (χ2v) is 17.3. The first-order chi connectivity index (χ1) is 25.4. The number of amides is 3. The van der Waals surface area contributed by atoms with Crippen LogP contribution in [0.4, 0.5) is 5.13 Å². The van der Waals surface area contributed by atoms with Gasteiger partial charge in [0.05, 0.1) is 30.1 Å². The highest BCUT2D eigenvalue weighted by molar-refractivity contribution is 7.91. The maximum absolute atomic E-state index is 14.2. The van der Waals surface area contributed by atoms with Crippen molar-refractivity contribution < 1.29 is 32.3 Å². The minimum absolute atomic E-state index is 0.154. The Hall–Kier alpha value is -4.24. The quantitative estimate of drug-likeness (QED) is 0.117. The van der Waals surface area contributed by atoms with Gasteiger partial charge < -0.3 is 25.0 Å². The Kier molecular flexibility index (Phi) is 11.6. The van der Waals surface area contributed by atoms with Gasteiger partial charge in [-0.2, -0.15) is 0 Å². The van der Waals surface area contributed by atoms with E-state index in [1.165, 1.54) is 16.2 Å². The van der Waals surface area contributed by atoms with Crippen molar-refractivity contribution in [3.05, 3.63) is 41.8 Å². The van der Waals surface area contributed by atoms with Crippen LogP contribution < -0.4 is 24.8 Å². The monoisotopic (exact) mass is 766 g/mol. The number of methoxy groups -OCH3 is 1. The standard InChI is InChI=1S/C38H50N6O7S2/c1-6-8-9-10-12-24-20-38(24,36(47)43-53(48,49)27-14-15-27)42-35(46)32-18-26(21-44(32)34(45)11-7-2)51-33-19-30(31-22-52-37(41-31)39-23(3)4)40-29-17-25(50-5)13-16-28(29)33/h10,12-13,16-17,19,22-24,26-27,32H,6-9,11,14-15,18,20-21H2,1-5H3,(H,39,41)(H,42,46)(H,43,47)/b12-10-/t24-,26-,32+,38-/m1/s1. The molecule has 0 unspecified atom stereocenters. The molecular formula is C38H50N6O7S2. The Morgan fingerprint density at radius 3 is 2.60 bits per heavy atom. The summed E-state index contributed by atoms with van der Waals surface area (Å²) in [6.45, 7) is 8.22. The molecule has 2 aromatic heterocycles. The minimum atomic E-state index is -3.84. The molecule has 4 atom stereocenters. The number of carbonyl (C=O) groups is 3. The van der Waals surface area contributed by atoms with Gasteiger partial charge in [-0.05, 0) is 58.1 Å². The summed E-state index contributed by atoms with van der Waals surface area (Å²) in [5.41, 5.74) is 0.481. The molecule has 2 saturated carbocycles. The fourth-order valence-corrected chi connectivity index (χ4v) is 8.95. The first-order valence-corrected chi connectivity index (χ1v) is 21.0. The van der Waals surface area contributed by atoms with E-state index in [1.54, 1.807) is 7.11 Å². The van der Waals surface area contributed by atoms with Gasteiger partial charge in [0.25, 0.3) is 5.91 Å². The van der Waals surface area contributed by atoms with Crippen LogP contribution in [0.1, 0.15) is 85.5 Å². The average Bonchev–Trinajstić information content (AvgIpc) is 4.00. The Morgan fingerprint density at radius 1 is 1.11 bits per heavy atom. The SMILES string of the molecule is CCCC/C=C\[C@@H]1C[C@]1(NC(=O)[C@@H]1C[C@@H](Oc2cc(-c3csc(NC(C)C)n3)nc3cc(OC)ccc23)CN1C(=O)CCC)C(=O)NS(=O)(=O)C1CC1. The largest absolute Gasteiger partial charge is 0.497 e. The van der Waals surface area contributed by atoms with Gasteiger partial charge in [-0.3, -0.25) is 19.1 Å². The third-order valence-corrected chi connectivity index (χ3v) is 12.5. The number of aromatic nitrogens is 2. The lowest BCUT2D eigenvalue weighted by molar-refractivity contribution is -0.139. The summed E-state index contributed by atoms with van der Waals surface area (Å²) >= 11 is 1.48. The van der Waals surface area contributed by atoms with Gasteiger partial charge >= 0.3 is 0 Å². The van der Waals surface area contributed by atoms with Gasteiger partial charge in [0, 0.05) is 47.7 Å². The molecule has 3 N–H and O–H groups in total. The fraction of sp³-hybridized carbons (Fsp3) is 0.553. The number of sulfonamides is 1. The number of rotatable bonds is 17.